The third-order valence-corrected chi connectivity index (χ3v) is 3.48. The molecule has 3 nitrogen and oxygen atoms in total. The highest BCUT2D eigenvalue weighted by Crippen LogP contribution is 2.17. The lowest BCUT2D eigenvalue weighted by molar-refractivity contribution is -0.0110. The first-order valence-corrected chi connectivity index (χ1v) is 7.25. The van der Waals surface area contributed by atoms with Gasteiger partial charge in [-0.15, -0.1) is 0 Å². The van der Waals surface area contributed by atoms with Gasteiger partial charge in [0.1, 0.15) is 12.4 Å². The molecule has 0 aromatic heterocycles. The summed E-state index contributed by atoms with van der Waals surface area (Å²) in [5.74, 6) is 0.898. The number of benzene rings is 1. The van der Waals surface area contributed by atoms with E-state index in [1.807, 2.05) is 19.1 Å². The van der Waals surface area contributed by atoms with Crippen LogP contribution in [0.3, 0.4) is 0 Å². The van der Waals surface area contributed by atoms with Gasteiger partial charge in [0, 0.05) is 6.61 Å². The third-order valence-electron chi connectivity index (χ3n) is 3.48. The van der Waals surface area contributed by atoms with Gasteiger partial charge < -0.3 is 14.6 Å². The minimum absolute atomic E-state index is 0.237. The summed E-state index contributed by atoms with van der Waals surface area (Å²) in [4.78, 5) is 0. The maximum absolute atomic E-state index is 9.26. The van der Waals surface area contributed by atoms with E-state index in [0.29, 0.717) is 6.61 Å². The van der Waals surface area contributed by atoms with Gasteiger partial charge in [-0.1, -0.05) is 12.1 Å². The smallest absolute Gasteiger partial charge is 0.119 e. The Hall–Kier alpha value is -1.06. The van der Waals surface area contributed by atoms with Crippen LogP contribution in [0.25, 0.3) is 0 Å². The third kappa shape index (κ3) is 5.21. The van der Waals surface area contributed by atoms with Crippen molar-refractivity contribution in [1.29, 1.82) is 0 Å². The van der Waals surface area contributed by atoms with E-state index < -0.39 is 0 Å². The maximum Gasteiger partial charge on any atom is 0.119 e. The van der Waals surface area contributed by atoms with Crippen LogP contribution in [-0.4, -0.2) is 30.5 Å². The number of hydrogen-bond acceptors (Lipinski definition) is 3. The number of hydrogen-bond donors (Lipinski definition) is 1. The molecule has 19 heavy (non-hydrogen) atoms. The average Bonchev–Trinajstić information content (AvgIpc) is 2.45. The van der Waals surface area contributed by atoms with Crippen LogP contribution in [0.15, 0.2) is 24.3 Å². The molecular formula is C16H24O3. The monoisotopic (exact) mass is 264 g/mol. The molecule has 1 aliphatic heterocycles. The highest BCUT2D eigenvalue weighted by Gasteiger charge is 2.14. The molecule has 1 heterocycles. The molecule has 0 spiro atoms. The molecule has 1 saturated heterocycles. The predicted octanol–water partition coefficient (Wildman–Crippen LogP) is 2.95. The zero-order valence-corrected chi connectivity index (χ0v) is 11.7. The first-order valence-electron chi connectivity index (χ1n) is 7.25. The van der Waals surface area contributed by atoms with Gasteiger partial charge in [0.25, 0.3) is 0 Å². The summed E-state index contributed by atoms with van der Waals surface area (Å²) in [7, 11) is 0. The first kappa shape index (κ1) is 14.4. The Morgan fingerprint density at radius 1 is 1.32 bits per heavy atom. The minimum Gasteiger partial charge on any atom is -0.491 e. The van der Waals surface area contributed by atoms with Crippen molar-refractivity contribution in [3.05, 3.63) is 29.8 Å². The maximum atomic E-state index is 9.26. The van der Waals surface area contributed by atoms with Gasteiger partial charge in [-0.25, -0.2) is 0 Å². The normalized spacial score (nSPS) is 21.1. The molecule has 0 radical (unpaired) electrons. The Morgan fingerprint density at radius 3 is 2.74 bits per heavy atom. The van der Waals surface area contributed by atoms with Gasteiger partial charge in [0.05, 0.1) is 12.2 Å². The summed E-state index contributed by atoms with van der Waals surface area (Å²) in [5.41, 5.74) is 1.24. The Labute approximate surface area is 115 Å². The first-order chi connectivity index (χ1) is 9.24. The largest absolute Gasteiger partial charge is 0.491 e. The molecule has 1 aromatic carbocycles. The summed E-state index contributed by atoms with van der Waals surface area (Å²) >= 11 is 0. The molecule has 1 aliphatic rings. The van der Waals surface area contributed by atoms with Crippen LogP contribution in [-0.2, 0) is 11.2 Å². The van der Waals surface area contributed by atoms with Crippen LogP contribution in [0.5, 0.6) is 5.75 Å². The fourth-order valence-electron chi connectivity index (χ4n) is 2.26. The predicted molar refractivity (Wildman–Crippen MR) is 75.5 cm³/mol. The summed E-state index contributed by atoms with van der Waals surface area (Å²) in [6.45, 7) is 3.33. The van der Waals surface area contributed by atoms with Crippen LogP contribution in [0.1, 0.15) is 38.2 Å². The molecule has 0 amide bonds. The Bertz CT molecular complexity index is 353. The SMILES string of the molecule is CC(O)CCc1ccc(OCC2CCCCO2)cc1. The van der Waals surface area contributed by atoms with Crippen LogP contribution in [0.2, 0.25) is 0 Å². The van der Waals surface area contributed by atoms with Crippen molar-refractivity contribution in [2.24, 2.45) is 0 Å². The standard InChI is InChI=1S/C16H24O3/c1-13(17)5-6-14-7-9-15(10-8-14)19-12-16-4-2-3-11-18-16/h7-10,13,16-17H,2-6,11-12H2,1H3. The Morgan fingerprint density at radius 2 is 2.11 bits per heavy atom. The van der Waals surface area contributed by atoms with Gasteiger partial charge in [-0.05, 0) is 56.7 Å². The zero-order chi connectivity index (χ0) is 13.5. The van der Waals surface area contributed by atoms with Crippen LogP contribution in [0, 0.1) is 0 Å². The van der Waals surface area contributed by atoms with Crippen molar-refractivity contribution in [1.82, 2.24) is 0 Å². The highest BCUT2D eigenvalue weighted by molar-refractivity contribution is 5.27. The van der Waals surface area contributed by atoms with Crippen LogP contribution >= 0.6 is 0 Å². The summed E-state index contributed by atoms with van der Waals surface area (Å²) in [5, 5.41) is 9.26. The van der Waals surface area contributed by atoms with E-state index in [0.717, 1.165) is 31.6 Å². The van der Waals surface area contributed by atoms with Crippen molar-refractivity contribution in [3.63, 3.8) is 0 Å². The lowest BCUT2D eigenvalue weighted by Crippen LogP contribution is -2.25. The molecule has 1 fully saturated rings. The molecule has 0 aliphatic carbocycles. The summed E-state index contributed by atoms with van der Waals surface area (Å²) < 4.78 is 11.4. The molecular weight excluding hydrogens is 240 g/mol. The quantitative estimate of drug-likeness (QED) is 0.858. The van der Waals surface area contributed by atoms with E-state index in [4.69, 9.17) is 9.47 Å². The molecule has 1 N–H and O–H groups in total. The Balaban J connectivity index is 1.74. The van der Waals surface area contributed by atoms with Crippen molar-refractivity contribution in [3.8, 4) is 5.75 Å². The zero-order valence-electron chi connectivity index (χ0n) is 11.7. The van der Waals surface area contributed by atoms with Crippen molar-refractivity contribution in [2.45, 2.75) is 51.2 Å². The van der Waals surface area contributed by atoms with Crippen molar-refractivity contribution in [2.75, 3.05) is 13.2 Å². The van der Waals surface area contributed by atoms with Gasteiger partial charge in [-0.2, -0.15) is 0 Å². The van der Waals surface area contributed by atoms with E-state index in [9.17, 15) is 5.11 Å². The highest BCUT2D eigenvalue weighted by atomic mass is 16.5. The minimum atomic E-state index is -0.237. The number of aliphatic hydroxyl groups is 1. The lowest BCUT2D eigenvalue weighted by atomic mass is 10.1. The number of rotatable bonds is 6. The second-order valence-electron chi connectivity index (χ2n) is 5.33. The lowest BCUT2D eigenvalue weighted by Gasteiger charge is -2.22. The molecule has 2 atom stereocenters. The molecule has 2 rings (SSSR count). The summed E-state index contributed by atoms with van der Waals surface area (Å²) in [6, 6.07) is 8.14. The molecule has 0 bridgehead atoms. The van der Waals surface area contributed by atoms with Crippen LogP contribution < -0.4 is 4.74 Å². The van der Waals surface area contributed by atoms with Gasteiger partial charge in [0.2, 0.25) is 0 Å². The van der Waals surface area contributed by atoms with Gasteiger partial charge in [-0.3, -0.25) is 0 Å². The van der Waals surface area contributed by atoms with E-state index in [1.165, 1.54) is 18.4 Å². The van der Waals surface area contributed by atoms with E-state index in [1.54, 1.807) is 0 Å². The fourth-order valence-corrected chi connectivity index (χ4v) is 2.26. The average molecular weight is 264 g/mol. The van der Waals surface area contributed by atoms with E-state index in [2.05, 4.69) is 12.1 Å². The van der Waals surface area contributed by atoms with Gasteiger partial charge >= 0.3 is 0 Å². The second kappa shape index (κ2) is 7.51. The van der Waals surface area contributed by atoms with E-state index >= 15 is 0 Å². The number of aryl methyl sites for hydroxylation is 1. The molecule has 3 heteroatoms. The van der Waals surface area contributed by atoms with Gasteiger partial charge in [0.15, 0.2) is 0 Å². The molecule has 2 unspecified atom stereocenters. The van der Waals surface area contributed by atoms with Crippen LogP contribution in [0.4, 0.5) is 0 Å². The molecule has 0 saturated carbocycles. The fraction of sp³-hybridized carbons (Fsp3) is 0.625. The van der Waals surface area contributed by atoms with E-state index in [-0.39, 0.29) is 12.2 Å². The number of ether oxygens (including phenoxy) is 2. The number of aliphatic hydroxyl groups excluding tert-OH is 1. The molecule has 106 valence electrons. The topological polar surface area (TPSA) is 38.7 Å². The van der Waals surface area contributed by atoms with Crippen molar-refractivity contribution >= 4 is 0 Å². The second-order valence-corrected chi connectivity index (χ2v) is 5.33. The Kier molecular flexibility index (Phi) is 5.67. The van der Waals surface area contributed by atoms with Crippen molar-refractivity contribution < 1.29 is 14.6 Å². The summed E-state index contributed by atoms with van der Waals surface area (Å²) in [6.07, 6.45) is 5.25. The molecule has 1 aromatic rings.